The Bertz CT molecular complexity index is 417. The first-order chi connectivity index (χ1) is 9.90. The lowest BCUT2D eigenvalue weighted by molar-refractivity contribution is 0.0479. The second-order valence-electron chi connectivity index (χ2n) is 5.59. The zero-order valence-corrected chi connectivity index (χ0v) is 14.0. The lowest BCUT2D eigenvalue weighted by Crippen LogP contribution is -2.39. The van der Waals surface area contributed by atoms with Gasteiger partial charge in [0.1, 0.15) is 11.0 Å². The lowest BCUT2D eigenvalue weighted by Gasteiger charge is -2.23. The molecule has 0 heterocycles. The molecule has 1 atom stereocenters. The SMILES string of the molecule is CCSC(COCc1ccccc1)NC(=O)OC(C)(C)C. The fourth-order valence-corrected chi connectivity index (χ4v) is 2.40. The summed E-state index contributed by atoms with van der Waals surface area (Å²) >= 11 is 1.63. The zero-order valence-electron chi connectivity index (χ0n) is 13.2. The van der Waals surface area contributed by atoms with Crippen LogP contribution in [0.25, 0.3) is 0 Å². The Morgan fingerprint density at radius 2 is 1.95 bits per heavy atom. The number of amides is 1. The van der Waals surface area contributed by atoms with Gasteiger partial charge in [-0.2, -0.15) is 0 Å². The molecule has 0 aliphatic heterocycles. The van der Waals surface area contributed by atoms with Crippen LogP contribution >= 0.6 is 11.8 Å². The summed E-state index contributed by atoms with van der Waals surface area (Å²) in [5, 5.41) is 2.73. The van der Waals surface area contributed by atoms with Gasteiger partial charge in [-0.15, -0.1) is 11.8 Å². The van der Waals surface area contributed by atoms with Crippen LogP contribution in [-0.4, -0.2) is 29.4 Å². The van der Waals surface area contributed by atoms with Crippen molar-refractivity contribution < 1.29 is 14.3 Å². The van der Waals surface area contributed by atoms with Crippen LogP contribution in [0.5, 0.6) is 0 Å². The number of carbonyl (C=O) groups is 1. The molecule has 0 fully saturated rings. The van der Waals surface area contributed by atoms with Gasteiger partial charge >= 0.3 is 6.09 Å². The second-order valence-corrected chi connectivity index (χ2v) is 7.07. The molecule has 1 amide bonds. The highest BCUT2D eigenvalue weighted by Gasteiger charge is 2.19. The van der Waals surface area contributed by atoms with Gasteiger partial charge in [0.05, 0.1) is 13.2 Å². The average molecular weight is 311 g/mol. The van der Waals surface area contributed by atoms with Crippen molar-refractivity contribution in [1.82, 2.24) is 5.32 Å². The van der Waals surface area contributed by atoms with Crippen LogP contribution in [-0.2, 0) is 16.1 Å². The molecule has 1 rings (SSSR count). The van der Waals surface area contributed by atoms with Gasteiger partial charge in [0.15, 0.2) is 0 Å². The molecule has 0 saturated heterocycles. The Labute approximate surface area is 131 Å². The van der Waals surface area contributed by atoms with Crippen LogP contribution in [0.1, 0.15) is 33.3 Å². The molecule has 0 saturated carbocycles. The fourth-order valence-electron chi connectivity index (χ4n) is 1.63. The van der Waals surface area contributed by atoms with Gasteiger partial charge < -0.3 is 14.8 Å². The molecule has 5 heteroatoms. The van der Waals surface area contributed by atoms with Gasteiger partial charge in [-0.05, 0) is 32.1 Å². The quantitative estimate of drug-likeness (QED) is 0.778. The summed E-state index contributed by atoms with van der Waals surface area (Å²) < 4.78 is 10.9. The molecule has 21 heavy (non-hydrogen) atoms. The van der Waals surface area contributed by atoms with Crippen LogP contribution in [0.15, 0.2) is 30.3 Å². The van der Waals surface area contributed by atoms with Crippen LogP contribution < -0.4 is 5.32 Å². The number of hydrogen-bond donors (Lipinski definition) is 1. The third kappa shape index (κ3) is 8.63. The molecular weight excluding hydrogens is 286 g/mol. The summed E-state index contributed by atoms with van der Waals surface area (Å²) in [7, 11) is 0. The Morgan fingerprint density at radius 1 is 1.29 bits per heavy atom. The predicted molar refractivity (Wildman–Crippen MR) is 87.4 cm³/mol. The molecular formula is C16H25NO3S. The maximum absolute atomic E-state index is 11.8. The van der Waals surface area contributed by atoms with Crippen molar-refractivity contribution in [2.75, 3.05) is 12.4 Å². The summed E-state index contributed by atoms with van der Waals surface area (Å²) in [5.41, 5.74) is 0.631. The molecule has 1 N–H and O–H groups in total. The van der Waals surface area contributed by atoms with Gasteiger partial charge in [0.2, 0.25) is 0 Å². The van der Waals surface area contributed by atoms with Crippen molar-refractivity contribution in [3.8, 4) is 0 Å². The number of ether oxygens (including phenoxy) is 2. The largest absolute Gasteiger partial charge is 0.444 e. The van der Waals surface area contributed by atoms with E-state index in [9.17, 15) is 4.79 Å². The van der Waals surface area contributed by atoms with E-state index in [-0.39, 0.29) is 5.37 Å². The molecule has 0 aliphatic rings. The minimum Gasteiger partial charge on any atom is -0.444 e. The number of carbonyl (C=O) groups excluding carboxylic acids is 1. The van der Waals surface area contributed by atoms with Gasteiger partial charge in [0, 0.05) is 0 Å². The van der Waals surface area contributed by atoms with Crippen molar-refractivity contribution in [3.63, 3.8) is 0 Å². The summed E-state index contributed by atoms with van der Waals surface area (Å²) in [6.45, 7) is 8.58. The van der Waals surface area contributed by atoms with Crippen LogP contribution in [0.2, 0.25) is 0 Å². The summed E-state index contributed by atoms with van der Waals surface area (Å²) in [6, 6.07) is 9.97. The van der Waals surface area contributed by atoms with E-state index in [1.165, 1.54) is 0 Å². The molecule has 0 aliphatic carbocycles. The first kappa shape index (κ1) is 17.9. The topological polar surface area (TPSA) is 47.6 Å². The Kier molecular flexibility index (Phi) is 7.61. The van der Waals surface area contributed by atoms with E-state index < -0.39 is 11.7 Å². The van der Waals surface area contributed by atoms with Crippen molar-refractivity contribution in [2.45, 2.75) is 45.3 Å². The maximum Gasteiger partial charge on any atom is 0.408 e. The molecule has 0 radical (unpaired) electrons. The Balaban J connectivity index is 2.37. The smallest absolute Gasteiger partial charge is 0.408 e. The van der Waals surface area contributed by atoms with E-state index in [1.54, 1.807) is 11.8 Å². The van der Waals surface area contributed by atoms with E-state index in [2.05, 4.69) is 5.32 Å². The highest BCUT2D eigenvalue weighted by Crippen LogP contribution is 2.12. The minimum atomic E-state index is -0.490. The van der Waals surface area contributed by atoms with Crippen LogP contribution in [0.4, 0.5) is 4.79 Å². The molecule has 0 spiro atoms. The summed E-state index contributed by atoms with van der Waals surface area (Å²) in [6.07, 6.45) is -0.406. The number of thioether (sulfide) groups is 1. The standard InChI is InChI=1S/C16H25NO3S/c1-5-21-14(17-15(18)20-16(2,3)4)12-19-11-13-9-7-6-8-10-13/h6-10,14H,5,11-12H2,1-4H3,(H,17,18). The second kappa shape index (κ2) is 8.95. The van der Waals surface area contributed by atoms with E-state index in [1.807, 2.05) is 58.0 Å². The van der Waals surface area contributed by atoms with Crippen molar-refractivity contribution in [2.24, 2.45) is 0 Å². The molecule has 1 aromatic rings. The van der Waals surface area contributed by atoms with Crippen LogP contribution in [0, 0.1) is 0 Å². The van der Waals surface area contributed by atoms with Crippen LogP contribution in [0.3, 0.4) is 0 Å². The Hall–Kier alpha value is -1.20. The third-order valence-electron chi connectivity index (χ3n) is 2.43. The molecule has 1 unspecified atom stereocenters. The van der Waals surface area contributed by atoms with E-state index in [0.717, 1.165) is 11.3 Å². The lowest BCUT2D eigenvalue weighted by atomic mass is 10.2. The number of hydrogen-bond acceptors (Lipinski definition) is 4. The third-order valence-corrected chi connectivity index (χ3v) is 3.42. The van der Waals surface area contributed by atoms with Crippen molar-refractivity contribution in [1.29, 1.82) is 0 Å². The van der Waals surface area contributed by atoms with Gasteiger partial charge in [0.25, 0.3) is 0 Å². The number of benzene rings is 1. The molecule has 0 bridgehead atoms. The monoisotopic (exact) mass is 311 g/mol. The number of rotatable bonds is 7. The van der Waals surface area contributed by atoms with E-state index >= 15 is 0 Å². The normalized spacial score (nSPS) is 12.8. The van der Waals surface area contributed by atoms with E-state index in [4.69, 9.17) is 9.47 Å². The van der Waals surface area contributed by atoms with Gasteiger partial charge in [-0.3, -0.25) is 0 Å². The van der Waals surface area contributed by atoms with E-state index in [0.29, 0.717) is 13.2 Å². The maximum atomic E-state index is 11.8. The molecule has 118 valence electrons. The predicted octanol–water partition coefficient (Wildman–Crippen LogP) is 3.81. The Morgan fingerprint density at radius 3 is 2.52 bits per heavy atom. The first-order valence-corrected chi connectivity index (χ1v) is 8.18. The zero-order chi connectivity index (χ0) is 15.7. The van der Waals surface area contributed by atoms with Gasteiger partial charge in [-0.1, -0.05) is 37.3 Å². The minimum absolute atomic E-state index is 0.103. The van der Waals surface area contributed by atoms with Crippen molar-refractivity contribution >= 4 is 17.9 Å². The highest BCUT2D eigenvalue weighted by molar-refractivity contribution is 7.99. The van der Waals surface area contributed by atoms with Gasteiger partial charge in [-0.25, -0.2) is 4.79 Å². The average Bonchev–Trinajstić information content (AvgIpc) is 2.38. The first-order valence-electron chi connectivity index (χ1n) is 7.13. The molecule has 4 nitrogen and oxygen atoms in total. The van der Waals surface area contributed by atoms with Crippen molar-refractivity contribution in [3.05, 3.63) is 35.9 Å². The number of alkyl carbamates (subject to hydrolysis) is 1. The summed E-state index contributed by atoms with van der Waals surface area (Å²) in [4.78, 5) is 11.8. The molecule has 0 aromatic heterocycles. The number of nitrogens with one attached hydrogen (secondary N) is 1. The molecule has 1 aromatic carbocycles. The summed E-state index contributed by atoms with van der Waals surface area (Å²) in [5.74, 6) is 0.898. The fraction of sp³-hybridized carbons (Fsp3) is 0.562. The highest BCUT2D eigenvalue weighted by atomic mass is 32.2.